The van der Waals surface area contributed by atoms with Gasteiger partial charge in [-0.2, -0.15) is 0 Å². The van der Waals surface area contributed by atoms with Gasteiger partial charge in [0, 0.05) is 36.0 Å². The van der Waals surface area contributed by atoms with Crippen LogP contribution in [0.2, 0.25) is 0 Å². The lowest BCUT2D eigenvalue weighted by Crippen LogP contribution is -2.73. The molecule has 1 saturated heterocycles. The van der Waals surface area contributed by atoms with Gasteiger partial charge in [0.15, 0.2) is 0 Å². The predicted molar refractivity (Wildman–Crippen MR) is 126 cm³/mol. The molecule has 33 heavy (non-hydrogen) atoms. The number of aliphatic hydroxyl groups is 1. The SMILES string of the molecule is COC(=O)C1(C(C=C(O)OC)CBr)CC(NC(=O)c2ccccc2)(C(=O)N2CCCCC2)C1. The third-order valence-electron chi connectivity index (χ3n) is 6.70. The van der Waals surface area contributed by atoms with E-state index in [1.165, 1.54) is 20.3 Å². The summed E-state index contributed by atoms with van der Waals surface area (Å²) >= 11 is 3.42. The third kappa shape index (κ3) is 5.03. The molecule has 180 valence electrons. The number of alkyl halides is 1. The number of hydrogen-bond acceptors (Lipinski definition) is 6. The number of nitrogens with zero attached hydrogens (tertiary/aromatic N) is 1. The molecule has 2 fully saturated rings. The highest BCUT2D eigenvalue weighted by Crippen LogP contribution is 2.56. The van der Waals surface area contributed by atoms with E-state index in [-0.39, 0.29) is 30.6 Å². The Balaban J connectivity index is 1.96. The van der Waals surface area contributed by atoms with Crippen LogP contribution < -0.4 is 5.32 Å². The van der Waals surface area contributed by atoms with E-state index in [2.05, 4.69) is 21.2 Å². The molecule has 1 atom stereocenters. The number of rotatable bonds is 8. The number of likely N-dealkylation sites (tertiary alicyclic amines) is 1. The van der Waals surface area contributed by atoms with Crippen LogP contribution in [0.3, 0.4) is 0 Å². The zero-order chi connectivity index (χ0) is 24.1. The van der Waals surface area contributed by atoms with Crippen LogP contribution in [0.5, 0.6) is 0 Å². The molecule has 8 nitrogen and oxygen atoms in total. The number of allylic oxidation sites excluding steroid dienone is 1. The van der Waals surface area contributed by atoms with E-state index in [0.29, 0.717) is 24.0 Å². The number of benzene rings is 1. The third-order valence-corrected chi connectivity index (χ3v) is 7.39. The zero-order valence-electron chi connectivity index (χ0n) is 19.0. The van der Waals surface area contributed by atoms with Crippen LogP contribution in [0.15, 0.2) is 42.4 Å². The number of halogens is 1. The molecule has 0 spiro atoms. The average Bonchev–Trinajstić information content (AvgIpc) is 2.84. The Kier molecular flexibility index (Phi) is 8.05. The van der Waals surface area contributed by atoms with Gasteiger partial charge in [-0.25, -0.2) is 0 Å². The van der Waals surface area contributed by atoms with Gasteiger partial charge in [0.1, 0.15) is 5.54 Å². The summed E-state index contributed by atoms with van der Waals surface area (Å²) in [6, 6.07) is 8.69. The summed E-state index contributed by atoms with van der Waals surface area (Å²) in [5, 5.41) is 13.2. The first-order valence-corrected chi connectivity index (χ1v) is 12.2. The second kappa shape index (κ2) is 10.6. The number of carbonyl (C=O) groups is 3. The number of amides is 2. The number of methoxy groups -OCH3 is 2. The molecule has 1 aromatic carbocycles. The Hall–Kier alpha value is -2.55. The molecule has 0 aromatic heterocycles. The number of piperidine rings is 1. The molecule has 9 heteroatoms. The van der Waals surface area contributed by atoms with Crippen molar-refractivity contribution in [2.45, 2.75) is 37.6 Å². The van der Waals surface area contributed by atoms with Gasteiger partial charge in [0.2, 0.25) is 5.91 Å². The van der Waals surface area contributed by atoms with Gasteiger partial charge < -0.3 is 24.8 Å². The van der Waals surface area contributed by atoms with E-state index in [0.717, 1.165) is 19.3 Å². The Morgan fingerprint density at radius 1 is 1.12 bits per heavy atom. The van der Waals surface area contributed by atoms with Gasteiger partial charge in [-0.1, -0.05) is 34.1 Å². The van der Waals surface area contributed by atoms with Crippen molar-refractivity contribution < 1.29 is 29.0 Å². The molecule has 0 bridgehead atoms. The molecular formula is C24H31BrN2O6. The minimum absolute atomic E-state index is 0.0599. The second-order valence-electron chi connectivity index (χ2n) is 8.73. The van der Waals surface area contributed by atoms with E-state index in [4.69, 9.17) is 9.47 Å². The second-order valence-corrected chi connectivity index (χ2v) is 9.37. The van der Waals surface area contributed by atoms with Gasteiger partial charge in [-0.3, -0.25) is 14.4 Å². The summed E-state index contributed by atoms with van der Waals surface area (Å²) in [4.78, 5) is 41.6. The Morgan fingerprint density at radius 2 is 1.76 bits per heavy atom. The van der Waals surface area contributed by atoms with Crippen LogP contribution >= 0.6 is 15.9 Å². The Labute approximate surface area is 202 Å². The molecular weight excluding hydrogens is 492 g/mol. The maximum atomic E-state index is 13.7. The van der Waals surface area contributed by atoms with Gasteiger partial charge in [0.05, 0.1) is 19.6 Å². The lowest BCUT2D eigenvalue weighted by molar-refractivity contribution is -0.175. The van der Waals surface area contributed by atoms with Crippen molar-refractivity contribution in [3.05, 3.63) is 47.9 Å². The fourth-order valence-electron chi connectivity index (χ4n) is 4.95. The number of ether oxygens (including phenoxy) is 2. The quantitative estimate of drug-likeness (QED) is 0.308. The minimum Gasteiger partial charge on any atom is -0.481 e. The van der Waals surface area contributed by atoms with E-state index in [1.807, 2.05) is 6.07 Å². The first-order chi connectivity index (χ1) is 15.8. The van der Waals surface area contributed by atoms with E-state index < -0.39 is 22.8 Å². The van der Waals surface area contributed by atoms with Gasteiger partial charge in [0.25, 0.3) is 11.9 Å². The highest BCUT2D eigenvalue weighted by molar-refractivity contribution is 9.09. The topological polar surface area (TPSA) is 105 Å². The zero-order valence-corrected chi connectivity index (χ0v) is 20.6. The molecule has 1 saturated carbocycles. The average molecular weight is 523 g/mol. The number of aliphatic hydroxyl groups excluding tert-OH is 1. The van der Waals surface area contributed by atoms with Crippen molar-refractivity contribution in [3.8, 4) is 0 Å². The van der Waals surface area contributed by atoms with Crippen molar-refractivity contribution in [3.63, 3.8) is 0 Å². The van der Waals surface area contributed by atoms with E-state index >= 15 is 0 Å². The van der Waals surface area contributed by atoms with Crippen LogP contribution in [0.25, 0.3) is 0 Å². The Bertz CT molecular complexity index is 891. The highest BCUT2D eigenvalue weighted by Gasteiger charge is 2.67. The molecule has 1 aliphatic carbocycles. The largest absolute Gasteiger partial charge is 0.481 e. The molecule has 1 aliphatic heterocycles. The smallest absolute Gasteiger partial charge is 0.312 e. The molecule has 3 rings (SSSR count). The first-order valence-electron chi connectivity index (χ1n) is 11.1. The first kappa shape index (κ1) is 25.1. The fraction of sp³-hybridized carbons (Fsp3) is 0.542. The van der Waals surface area contributed by atoms with Gasteiger partial charge >= 0.3 is 5.97 Å². The van der Waals surface area contributed by atoms with E-state index in [9.17, 15) is 19.5 Å². The van der Waals surface area contributed by atoms with Crippen LogP contribution in [0, 0.1) is 11.3 Å². The normalized spacial score (nSPS) is 26.0. The predicted octanol–water partition coefficient (Wildman–Crippen LogP) is 3.18. The summed E-state index contributed by atoms with van der Waals surface area (Å²) in [5.74, 6) is -1.88. The molecule has 0 radical (unpaired) electrons. The molecule has 1 unspecified atom stereocenters. The van der Waals surface area contributed by atoms with Crippen LogP contribution in [-0.2, 0) is 19.1 Å². The monoisotopic (exact) mass is 522 g/mol. The summed E-state index contributed by atoms with van der Waals surface area (Å²) < 4.78 is 9.99. The van der Waals surface area contributed by atoms with Gasteiger partial charge in [-0.15, -0.1) is 0 Å². The summed E-state index contributed by atoms with van der Waals surface area (Å²) in [5.41, 5.74) is -1.91. The standard InChI is InChI=1S/C24H31BrN2O6/c1-32-19(28)13-18(14-25)23(22(31)33-2)15-24(16-23,21(30)27-11-7-4-8-12-27)26-20(29)17-9-5-3-6-10-17/h3,5-6,9-10,13,18,28H,4,7-8,11-12,14-16H2,1-2H3,(H,26,29). The summed E-state index contributed by atoms with van der Waals surface area (Å²) in [6.07, 6.45) is 4.44. The lowest BCUT2D eigenvalue weighted by Gasteiger charge is -2.56. The minimum atomic E-state index is -1.24. The number of carbonyl (C=O) groups excluding carboxylic acids is 3. The van der Waals surface area contributed by atoms with Crippen molar-refractivity contribution in [1.29, 1.82) is 0 Å². The van der Waals surface area contributed by atoms with Crippen LogP contribution in [0.1, 0.15) is 42.5 Å². The summed E-state index contributed by atoms with van der Waals surface area (Å²) in [6.45, 7) is 1.25. The number of nitrogens with one attached hydrogen (secondary N) is 1. The molecule has 2 N–H and O–H groups in total. The van der Waals surface area contributed by atoms with E-state index in [1.54, 1.807) is 29.2 Å². The molecule has 2 amide bonds. The van der Waals surface area contributed by atoms with Crippen molar-refractivity contribution in [1.82, 2.24) is 10.2 Å². The Morgan fingerprint density at radius 3 is 2.30 bits per heavy atom. The fourth-order valence-corrected chi connectivity index (χ4v) is 5.76. The van der Waals surface area contributed by atoms with Crippen molar-refractivity contribution >= 4 is 33.7 Å². The van der Waals surface area contributed by atoms with Crippen molar-refractivity contribution in [2.75, 3.05) is 32.6 Å². The van der Waals surface area contributed by atoms with Gasteiger partial charge in [-0.05, 0) is 44.2 Å². The highest BCUT2D eigenvalue weighted by atomic mass is 79.9. The molecule has 2 aliphatic rings. The van der Waals surface area contributed by atoms with Crippen molar-refractivity contribution in [2.24, 2.45) is 11.3 Å². The van der Waals surface area contributed by atoms with Crippen LogP contribution in [-0.4, -0.2) is 66.0 Å². The maximum absolute atomic E-state index is 13.7. The number of hydrogen-bond donors (Lipinski definition) is 2. The maximum Gasteiger partial charge on any atom is 0.312 e. The lowest BCUT2D eigenvalue weighted by atomic mass is 9.51. The summed E-state index contributed by atoms with van der Waals surface area (Å²) in [7, 11) is 2.62. The van der Waals surface area contributed by atoms with Crippen LogP contribution in [0.4, 0.5) is 0 Å². The molecule has 1 aromatic rings. The number of esters is 1. The molecule has 1 heterocycles.